The normalized spacial score (nSPS) is 10.8. The third kappa shape index (κ3) is 4.24. The number of ether oxygens (including phenoxy) is 4. The molecule has 0 aliphatic heterocycles. The fourth-order valence-electron chi connectivity index (χ4n) is 2.92. The zero-order valence-electron chi connectivity index (χ0n) is 16.7. The molecule has 0 radical (unpaired) electrons. The SMILES string of the molecule is COc1cccc(-c2[nH]ncc2/C=C/C(=O)c2cc(OC)c(OC)c(OC)c2)c1. The molecule has 0 saturated heterocycles. The number of allylic oxidation sites excluding steroid dienone is 1. The summed E-state index contributed by atoms with van der Waals surface area (Å²) in [6.45, 7) is 0. The zero-order valence-corrected chi connectivity index (χ0v) is 16.7. The van der Waals surface area contributed by atoms with Gasteiger partial charge in [-0.2, -0.15) is 5.10 Å². The maximum absolute atomic E-state index is 12.7. The average molecular weight is 394 g/mol. The van der Waals surface area contributed by atoms with Crippen LogP contribution in [0.4, 0.5) is 0 Å². The molecule has 0 atom stereocenters. The van der Waals surface area contributed by atoms with E-state index in [1.807, 2.05) is 24.3 Å². The fourth-order valence-corrected chi connectivity index (χ4v) is 2.92. The first-order valence-corrected chi connectivity index (χ1v) is 8.81. The maximum atomic E-state index is 12.7. The number of methoxy groups -OCH3 is 4. The highest BCUT2D eigenvalue weighted by molar-refractivity contribution is 6.07. The van der Waals surface area contributed by atoms with Crippen molar-refractivity contribution in [2.24, 2.45) is 0 Å². The number of hydrogen-bond acceptors (Lipinski definition) is 6. The fraction of sp³-hybridized carbons (Fsp3) is 0.182. The molecule has 0 aliphatic rings. The molecule has 1 heterocycles. The second-order valence-electron chi connectivity index (χ2n) is 6.04. The highest BCUT2D eigenvalue weighted by atomic mass is 16.5. The van der Waals surface area contributed by atoms with Gasteiger partial charge in [0.25, 0.3) is 0 Å². The first-order valence-electron chi connectivity index (χ1n) is 8.81. The monoisotopic (exact) mass is 394 g/mol. The molecule has 150 valence electrons. The second kappa shape index (κ2) is 8.97. The number of carbonyl (C=O) groups excluding carboxylic acids is 1. The molecule has 0 unspecified atom stereocenters. The molecule has 7 nitrogen and oxygen atoms in total. The van der Waals surface area contributed by atoms with Crippen molar-refractivity contribution in [3.63, 3.8) is 0 Å². The molecule has 0 spiro atoms. The summed E-state index contributed by atoms with van der Waals surface area (Å²) < 4.78 is 21.2. The van der Waals surface area contributed by atoms with Crippen LogP contribution in [0.5, 0.6) is 23.0 Å². The molecular formula is C22H22N2O5. The van der Waals surface area contributed by atoms with Gasteiger partial charge in [-0.25, -0.2) is 0 Å². The van der Waals surface area contributed by atoms with Gasteiger partial charge < -0.3 is 18.9 Å². The molecule has 2 aromatic carbocycles. The lowest BCUT2D eigenvalue weighted by atomic mass is 10.1. The van der Waals surface area contributed by atoms with Crippen molar-refractivity contribution in [2.45, 2.75) is 0 Å². The van der Waals surface area contributed by atoms with Crippen LogP contribution < -0.4 is 18.9 Å². The second-order valence-corrected chi connectivity index (χ2v) is 6.04. The van der Waals surface area contributed by atoms with Crippen molar-refractivity contribution >= 4 is 11.9 Å². The van der Waals surface area contributed by atoms with Crippen LogP contribution in [0.25, 0.3) is 17.3 Å². The van der Waals surface area contributed by atoms with Crippen molar-refractivity contribution in [2.75, 3.05) is 28.4 Å². The number of ketones is 1. The number of nitrogens with one attached hydrogen (secondary N) is 1. The predicted molar refractivity (Wildman–Crippen MR) is 110 cm³/mol. The van der Waals surface area contributed by atoms with Crippen LogP contribution in [0.3, 0.4) is 0 Å². The third-order valence-corrected chi connectivity index (χ3v) is 4.39. The lowest BCUT2D eigenvalue weighted by Crippen LogP contribution is -2.00. The summed E-state index contributed by atoms with van der Waals surface area (Å²) in [4.78, 5) is 12.7. The van der Waals surface area contributed by atoms with Gasteiger partial charge in [-0.3, -0.25) is 9.89 Å². The van der Waals surface area contributed by atoms with E-state index in [0.29, 0.717) is 22.8 Å². The minimum atomic E-state index is -0.206. The highest BCUT2D eigenvalue weighted by Gasteiger charge is 2.16. The van der Waals surface area contributed by atoms with E-state index in [9.17, 15) is 4.79 Å². The number of rotatable bonds is 8. The Kier molecular flexibility index (Phi) is 6.19. The van der Waals surface area contributed by atoms with Gasteiger partial charge in [-0.15, -0.1) is 0 Å². The molecule has 0 aliphatic carbocycles. The van der Waals surface area contributed by atoms with Crippen LogP contribution in [0.2, 0.25) is 0 Å². The highest BCUT2D eigenvalue weighted by Crippen LogP contribution is 2.38. The molecule has 1 N–H and O–H groups in total. The minimum Gasteiger partial charge on any atom is -0.497 e. The van der Waals surface area contributed by atoms with Crippen LogP contribution in [0.1, 0.15) is 15.9 Å². The van der Waals surface area contributed by atoms with Gasteiger partial charge in [0.15, 0.2) is 17.3 Å². The van der Waals surface area contributed by atoms with E-state index in [1.54, 1.807) is 31.5 Å². The summed E-state index contributed by atoms with van der Waals surface area (Å²) in [5, 5.41) is 7.06. The molecule has 29 heavy (non-hydrogen) atoms. The number of hydrogen-bond donors (Lipinski definition) is 1. The Morgan fingerprint density at radius 1 is 0.966 bits per heavy atom. The number of nitrogens with zero attached hydrogens (tertiary/aromatic N) is 1. The Morgan fingerprint density at radius 3 is 2.31 bits per heavy atom. The molecule has 0 bridgehead atoms. The van der Waals surface area contributed by atoms with E-state index in [2.05, 4.69) is 10.2 Å². The summed E-state index contributed by atoms with van der Waals surface area (Å²) in [5.41, 5.74) is 2.89. The van der Waals surface area contributed by atoms with Crippen LogP contribution in [-0.2, 0) is 0 Å². The lowest BCUT2D eigenvalue weighted by molar-refractivity contribution is 0.104. The van der Waals surface area contributed by atoms with Crippen LogP contribution in [-0.4, -0.2) is 44.4 Å². The van der Waals surface area contributed by atoms with Gasteiger partial charge in [-0.05, 0) is 36.4 Å². The Labute approximate surface area is 168 Å². The average Bonchev–Trinajstić information content (AvgIpc) is 3.24. The first kappa shape index (κ1) is 20.0. The molecule has 3 rings (SSSR count). The number of carbonyl (C=O) groups is 1. The van der Waals surface area contributed by atoms with Gasteiger partial charge in [0.05, 0.1) is 40.3 Å². The summed E-state index contributed by atoms with van der Waals surface area (Å²) in [7, 11) is 6.14. The van der Waals surface area contributed by atoms with Crippen LogP contribution in [0.15, 0.2) is 48.7 Å². The third-order valence-electron chi connectivity index (χ3n) is 4.39. The smallest absolute Gasteiger partial charge is 0.203 e. The summed E-state index contributed by atoms with van der Waals surface area (Å²) in [6.07, 6.45) is 4.85. The van der Waals surface area contributed by atoms with E-state index in [0.717, 1.165) is 22.6 Å². The van der Waals surface area contributed by atoms with E-state index >= 15 is 0 Å². The van der Waals surface area contributed by atoms with Crippen molar-refractivity contribution in [3.05, 3.63) is 59.8 Å². The zero-order chi connectivity index (χ0) is 20.8. The lowest BCUT2D eigenvalue weighted by Gasteiger charge is -2.13. The largest absolute Gasteiger partial charge is 0.497 e. The topological polar surface area (TPSA) is 82.7 Å². The van der Waals surface area contributed by atoms with E-state index in [-0.39, 0.29) is 5.78 Å². The summed E-state index contributed by atoms with van der Waals surface area (Å²) >= 11 is 0. The minimum absolute atomic E-state index is 0.206. The summed E-state index contributed by atoms with van der Waals surface area (Å²) in [6, 6.07) is 10.8. The van der Waals surface area contributed by atoms with E-state index < -0.39 is 0 Å². The van der Waals surface area contributed by atoms with Gasteiger partial charge in [-0.1, -0.05) is 12.1 Å². The molecule has 7 heteroatoms. The maximum Gasteiger partial charge on any atom is 0.203 e. The number of aromatic amines is 1. The van der Waals surface area contributed by atoms with Crippen molar-refractivity contribution < 1.29 is 23.7 Å². The van der Waals surface area contributed by atoms with Crippen molar-refractivity contribution in [1.29, 1.82) is 0 Å². The Morgan fingerprint density at radius 2 is 1.69 bits per heavy atom. The number of H-pyrrole nitrogens is 1. The Hall–Kier alpha value is -3.74. The number of aromatic nitrogens is 2. The molecule has 1 aromatic heterocycles. The molecule has 0 amide bonds. The number of benzene rings is 2. The molecule has 0 fully saturated rings. The first-order chi connectivity index (χ1) is 14.1. The van der Waals surface area contributed by atoms with Crippen molar-refractivity contribution in [1.82, 2.24) is 10.2 Å². The summed E-state index contributed by atoms with van der Waals surface area (Å²) in [5.74, 6) is 1.81. The van der Waals surface area contributed by atoms with Gasteiger partial charge in [0, 0.05) is 16.7 Å². The van der Waals surface area contributed by atoms with Crippen molar-refractivity contribution in [3.8, 4) is 34.3 Å². The Balaban J connectivity index is 1.90. The molecular weight excluding hydrogens is 372 g/mol. The molecule has 3 aromatic rings. The predicted octanol–water partition coefficient (Wildman–Crippen LogP) is 4.01. The van der Waals surface area contributed by atoms with Gasteiger partial charge >= 0.3 is 0 Å². The Bertz CT molecular complexity index is 1010. The molecule has 0 saturated carbocycles. The van der Waals surface area contributed by atoms with Crippen LogP contribution in [0, 0.1) is 0 Å². The van der Waals surface area contributed by atoms with E-state index in [1.165, 1.54) is 27.4 Å². The van der Waals surface area contributed by atoms with Crippen LogP contribution >= 0.6 is 0 Å². The van der Waals surface area contributed by atoms with E-state index in [4.69, 9.17) is 18.9 Å². The van der Waals surface area contributed by atoms with Gasteiger partial charge in [0.1, 0.15) is 5.75 Å². The quantitative estimate of drug-likeness (QED) is 0.459. The van der Waals surface area contributed by atoms with Gasteiger partial charge in [0.2, 0.25) is 5.75 Å². The standard InChI is InChI=1S/C22H22N2O5/c1-26-17-7-5-6-14(10-17)21-15(13-23-24-21)8-9-18(25)16-11-19(27-2)22(29-4)20(12-16)28-3/h5-13H,1-4H3,(H,23,24)/b9-8+.